The number of nitrogens with zero attached hydrogens (tertiary/aromatic N) is 5. The van der Waals surface area contributed by atoms with Crippen LogP contribution >= 0.6 is 11.6 Å². The molecule has 2 aromatic carbocycles. The summed E-state index contributed by atoms with van der Waals surface area (Å²) in [6.45, 7) is 2.65. The largest absolute Gasteiger partial charge is 0.365 e. The zero-order valence-corrected chi connectivity index (χ0v) is 21.4. The Morgan fingerprint density at radius 2 is 2.05 bits per heavy atom. The third-order valence-electron chi connectivity index (χ3n) is 7.29. The molecule has 3 heterocycles. The molecule has 2 fully saturated rings. The molecule has 3 aromatic rings. The van der Waals surface area contributed by atoms with Gasteiger partial charge in [-0.25, -0.2) is 9.37 Å². The Kier molecular flexibility index (Phi) is 7.40. The van der Waals surface area contributed by atoms with E-state index in [4.69, 9.17) is 21.6 Å². The quantitative estimate of drug-likeness (QED) is 0.504. The van der Waals surface area contributed by atoms with Crippen LogP contribution in [0.4, 0.5) is 16.2 Å². The number of fused-ring (bicyclic) bond motifs is 1. The van der Waals surface area contributed by atoms with E-state index in [9.17, 15) is 14.4 Å². The van der Waals surface area contributed by atoms with Crippen LogP contribution in [0.15, 0.2) is 36.4 Å². The average molecular weight is 522 g/mol. The number of hydrogen-bond acceptors (Lipinski definition) is 7. The molecule has 0 aliphatic carbocycles. The Labute approximate surface area is 220 Å². The second-order valence-electron chi connectivity index (χ2n) is 9.62. The molecule has 2 aliphatic heterocycles. The maximum absolute atomic E-state index is 14.1. The first-order valence-corrected chi connectivity index (χ1v) is 13.0. The highest BCUT2D eigenvalue weighted by Gasteiger charge is 2.31. The lowest BCUT2D eigenvalue weighted by molar-refractivity contribution is -0.134. The molecule has 1 atom stereocenters. The van der Waals surface area contributed by atoms with Crippen molar-refractivity contribution in [2.45, 2.75) is 44.3 Å². The number of aromatic nitrogens is 2. The van der Waals surface area contributed by atoms with Crippen LogP contribution in [0.5, 0.6) is 0 Å². The van der Waals surface area contributed by atoms with Crippen LogP contribution < -0.4 is 15.5 Å². The molecule has 0 bridgehead atoms. The van der Waals surface area contributed by atoms with E-state index in [-0.39, 0.29) is 23.8 Å². The summed E-state index contributed by atoms with van der Waals surface area (Å²) in [6, 6.07) is 11.9. The summed E-state index contributed by atoms with van der Waals surface area (Å²) in [4.78, 5) is 26.3. The van der Waals surface area contributed by atoms with Crippen LogP contribution in [0.2, 0.25) is 5.02 Å². The lowest BCUT2D eigenvalue weighted by Gasteiger charge is -2.37. The average Bonchev–Trinajstić information content (AvgIpc) is 3.46. The summed E-state index contributed by atoms with van der Waals surface area (Å²) in [6.07, 6.45) is 3.57. The van der Waals surface area contributed by atoms with Crippen molar-refractivity contribution >= 4 is 40.2 Å². The van der Waals surface area contributed by atoms with Gasteiger partial charge in [0.05, 0.1) is 23.2 Å². The van der Waals surface area contributed by atoms with Crippen LogP contribution in [0.3, 0.4) is 0 Å². The lowest BCUT2D eigenvalue weighted by Crippen LogP contribution is -2.50. The van der Waals surface area contributed by atoms with Crippen LogP contribution in [-0.2, 0) is 11.3 Å². The van der Waals surface area contributed by atoms with E-state index in [1.54, 1.807) is 24.3 Å². The van der Waals surface area contributed by atoms with Crippen molar-refractivity contribution in [3.8, 4) is 6.07 Å². The Balaban J connectivity index is 1.34. The zero-order chi connectivity index (χ0) is 25.9. The molecule has 0 radical (unpaired) electrons. The van der Waals surface area contributed by atoms with Crippen LogP contribution in [-0.4, -0.2) is 59.5 Å². The van der Waals surface area contributed by atoms with Crippen molar-refractivity contribution < 1.29 is 9.18 Å². The smallest absolute Gasteiger partial charge is 0.239 e. The summed E-state index contributed by atoms with van der Waals surface area (Å²) in [5.41, 5.74) is 1.87. The number of hydrogen-bond donors (Lipinski definition) is 2. The summed E-state index contributed by atoms with van der Waals surface area (Å²) in [5, 5.41) is 17.1. The van der Waals surface area contributed by atoms with E-state index >= 15 is 0 Å². The molecule has 2 saturated heterocycles. The minimum absolute atomic E-state index is 0.0666. The second kappa shape index (κ2) is 10.9. The van der Waals surface area contributed by atoms with Crippen molar-refractivity contribution in [3.05, 3.63) is 58.4 Å². The first-order valence-electron chi connectivity index (χ1n) is 12.6. The van der Waals surface area contributed by atoms with Crippen molar-refractivity contribution in [1.29, 1.82) is 5.26 Å². The van der Waals surface area contributed by atoms with Gasteiger partial charge in [-0.1, -0.05) is 17.7 Å². The Hall–Kier alpha value is -3.48. The Morgan fingerprint density at radius 1 is 1.24 bits per heavy atom. The fraction of sp³-hybridized carbons (Fsp3) is 0.407. The fourth-order valence-electron chi connectivity index (χ4n) is 5.12. The predicted molar refractivity (Wildman–Crippen MR) is 142 cm³/mol. The molecule has 0 saturated carbocycles. The van der Waals surface area contributed by atoms with Crippen molar-refractivity contribution in [2.24, 2.45) is 0 Å². The Bertz CT molecular complexity index is 1350. The van der Waals surface area contributed by atoms with Gasteiger partial charge in [0.15, 0.2) is 0 Å². The van der Waals surface area contributed by atoms with Gasteiger partial charge in [0.2, 0.25) is 11.9 Å². The van der Waals surface area contributed by atoms with Crippen LogP contribution in [0.1, 0.15) is 36.8 Å². The summed E-state index contributed by atoms with van der Waals surface area (Å²) in [5.74, 6) is 0.856. The van der Waals surface area contributed by atoms with Crippen LogP contribution in [0, 0.1) is 17.1 Å². The van der Waals surface area contributed by atoms with Crippen molar-refractivity contribution in [3.63, 3.8) is 0 Å². The highest BCUT2D eigenvalue weighted by atomic mass is 35.5. The van der Waals surface area contributed by atoms with Crippen molar-refractivity contribution in [1.82, 2.24) is 20.2 Å². The number of amides is 1. The third kappa shape index (κ3) is 5.45. The monoisotopic (exact) mass is 521 g/mol. The molecule has 1 unspecified atom stereocenters. The van der Waals surface area contributed by atoms with E-state index in [0.717, 1.165) is 37.8 Å². The third-order valence-corrected chi connectivity index (χ3v) is 7.52. The fourth-order valence-corrected chi connectivity index (χ4v) is 5.30. The second-order valence-corrected chi connectivity index (χ2v) is 10.1. The number of halogens is 2. The van der Waals surface area contributed by atoms with Gasteiger partial charge in [0.25, 0.3) is 0 Å². The van der Waals surface area contributed by atoms with Crippen molar-refractivity contribution in [2.75, 3.05) is 36.9 Å². The molecule has 8 nitrogen and oxygen atoms in total. The number of nitrogens with one attached hydrogen (secondary N) is 2. The highest BCUT2D eigenvalue weighted by molar-refractivity contribution is 6.30. The van der Waals surface area contributed by atoms with E-state index in [1.807, 2.05) is 11.9 Å². The van der Waals surface area contributed by atoms with E-state index < -0.39 is 0 Å². The molecule has 0 spiro atoms. The number of benzene rings is 2. The number of piperidine rings is 1. The summed E-state index contributed by atoms with van der Waals surface area (Å²) < 4.78 is 14.1. The number of likely N-dealkylation sites (N-methyl/N-ethyl adjacent to an activating group) is 1. The first-order chi connectivity index (χ1) is 17.9. The molecule has 2 aliphatic rings. The number of rotatable bonds is 6. The van der Waals surface area contributed by atoms with Gasteiger partial charge < -0.3 is 20.4 Å². The maximum Gasteiger partial charge on any atom is 0.239 e. The van der Waals surface area contributed by atoms with Gasteiger partial charge in [0.1, 0.15) is 11.6 Å². The SMILES string of the molecule is CN(C(=O)C1CCCN1)C1CCN(c2nc(NCc3ccc(Cl)cc3C#N)c3cc(F)ccc3n2)CC1. The number of carbonyl (C=O) groups is 1. The molecular weight excluding hydrogens is 493 g/mol. The topological polar surface area (TPSA) is 97.2 Å². The zero-order valence-electron chi connectivity index (χ0n) is 20.7. The molecule has 10 heteroatoms. The summed E-state index contributed by atoms with van der Waals surface area (Å²) >= 11 is 6.03. The standard InChI is InChI=1S/C27H29ClFN7O/c1-35(26(37)24-3-2-10-31-24)21-8-11-36(12-9-21)27-33-23-7-6-20(29)14-22(23)25(34-27)32-16-17-4-5-19(28)13-18(17)15-30/h4-7,13-14,21,24,31H,2-3,8-12,16H2,1H3,(H,32,33,34). The van der Waals surface area contributed by atoms with Gasteiger partial charge in [-0.15, -0.1) is 0 Å². The van der Waals surface area contributed by atoms with E-state index in [1.165, 1.54) is 12.1 Å². The van der Waals surface area contributed by atoms with Gasteiger partial charge in [-0.3, -0.25) is 4.79 Å². The molecular formula is C27H29ClFN7O. The minimum atomic E-state index is -0.374. The summed E-state index contributed by atoms with van der Waals surface area (Å²) in [7, 11) is 1.90. The molecule has 37 heavy (non-hydrogen) atoms. The van der Waals surface area contributed by atoms with Crippen LogP contribution in [0.25, 0.3) is 10.9 Å². The van der Waals surface area contributed by atoms with Gasteiger partial charge in [0, 0.05) is 43.1 Å². The molecule has 1 aromatic heterocycles. The van der Waals surface area contributed by atoms with Gasteiger partial charge in [-0.05, 0) is 68.1 Å². The Morgan fingerprint density at radius 3 is 2.78 bits per heavy atom. The molecule has 1 amide bonds. The minimum Gasteiger partial charge on any atom is -0.365 e. The lowest BCUT2D eigenvalue weighted by atomic mass is 10.0. The number of anilines is 2. The molecule has 5 rings (SSSR count). The maximum atomic E-state index is 14.1. The predicted octanol–water partition coefficient (Wildman–Crippen LogP) is 4.09. The van der Waals surface area contributed by atoms with E-state index in [2.05, 4.69) is 21.6 Å². The van der Waals surface area contributed by atoms with E-state index in [0.29, 0.717) is 52.9 Å². The highest BCUT2D eigenvalue weighted by Crippen LogP contribution is 2.28. The number of carbonyl (C=O) groups excluding carboxylic acids is 1. The normalized spacial score (nSPS) is 18.1. The van der Waals surface area contributed by atoms with Gasteiger partial charge >= 0.3 is 0 Å². The van der Waals surface area contributed by atoms with Gasteiger partial charge in [-0.2, -0.15) is 10.2 Å². The number of nitriles is 1. The molecule has 2 N–H and O–H groups in total. The first kappa shape index (κ1) is 25.2. The molecule has 192 valence electrons.